The van der Waals surface area contributed by atoms with Gasteiger partial charge in [0.2, 0.25) is 10.0 Å². The highest BCUT2D eigenvalue weighted by molar-refractivity contribution is 7.89. The van der Waals surface area contributed by atoms with E-state index in [4.69, 9.17) is 0 Å². The zero-order valence-corrected chi connectivity index (χ0v) is 12.9. The first-order chi connectivity index (χ1) is 9.86. The Kier molecular flexibility index (Phi) is 3.41. The fraction of sp³-hybridized carbons (Fsp3) is 0.500. The number of aromatic amines is 2. The average Bonchev–Trinajstić information content (AvgIpc) is 2.76. The summed E-state index contributed by atoms with van der Waals surface area (Å²) < 4.78 is 27.1. The fourth-order valence-electron chi connectivity index (χ4n) is 3.12. The molecule has 0 aliphatic carbocycles. The van der Waals surface area contributed by atoms with E-state index >= 15 is 0 Å². The van der Waals surface area contributed by atoms with Gasteiger partial charge in [0.05, 0.1) is 15.9 Å². The molecule has 2 aromatic rings. The molecule has 0 saturated carbocycles. The van der Waals surface area contributed by atoms with Crippen LogP contribution in [0.15, 0.2) is 27.9 Å². The lowest BCUT2D eigenvalue weighted by Gasteiger charge is -2.34. The van der Waals surface area contributed by atoms with E-state index in [1.54, 1.807) is 16.4 Å². The molecule has 6 nitrogen and oxygen atoms in total. The van der Waals surface area contributed by atoms with Crippen LogP contribution < -0.4 is 5.69 Å². The van der Waals surface area contributed by atoms with Gasteiger partial charge in [-0.15, -0.1) is 0 Å². The summed E-state index contributed by atoms with van der Waals surface area (Å²) in [7, 11) is -3.51. The van der Waals surface area contributed by atoms with E-state index in [9.17, 15) is 13.2 Å². The molecule has 0 radical (unpaired) electrons. The second-order valence-corrected chi connectivity index (χ2v) is 7.99. The summed E-state index contributed by atoms with van der Waals surface area (Å²) in [4.78, 5) is 16.7. The molecule has 21 heavy (non-hydrogen) atoms. The Bertz CT molecular complexity index is 811. The molecule has 1 aliphatic heterocycles. The van der Waals surface area contributed by atoms with E-state index in [0.717, 1.165) is 6.42 Å². The van der Waals surface area contributed by atoms with E-state index in [-0.39, 0.29) is 10.6 Å². The predicted octanol–water partition coefficient (Wildman–Crippen LogP) is 1.52. The highest BCUT2D eigenvalue weighted by atomic mass is 32.2. The molecule has 7 heteroatoms. The van der Waals surface area contributed by atoms with E-state index < -0.39 is 10.0 Å². The molecule has 2 N–H and O–H groups in total. The Morgan fingerprint density at radius 1 is 1.10 bits per heavy atom. The molecule has 0 bridgehead atoms. The van der Waals surface area contributed by atoms with Crippen LogP contribution >= 0.6 is 0 Å². The van der Waals surface area contributed by atoms with Crippen molar-refractivity contribution >= 4 is 21.1 Å². The van der Waals surface area contributed by atoms with Gasteiger partial charge in [0, 0.05) is 13.1 Å². The zero-order valence-electron chi connectivity index (χ0n) is 12.1. The van der Waals surface area contributed by atoms with Crippen molar-refractivity contribution in [2.45, 2.75) is 25.2 Å². The smallest absolute Gasteiger partial charge is 0.306 e. The highest BCUT2D eigenvalue weighted by Gasteiger charge is 2.31. The number of aromatic nitrogens is 2. The van der Waals surface area contributed by atoms with Crippen LogP contribution in [0.5, 0.6) is 0 Å². The van der Waals surface area contributed by atoms with Crippen molar-refractivity contribution in [3.8, 4) is 0 Å². The van der Waals surface area contributed by atoms with Gasteiger partial charge in [-0.3, -0.25) is 0 Å². The number of imidazole rings is 1. The maximum atomic E-state index is 12.8. The molecule has 1 aromatic heterocycles. The Morgan fingerprint density at radius 2 is 1.71 bits per heavy atom. The average molecular weight is 309 g/mol. The zero-order chi connectivity index (χ0) is 15.2. The molecule has 1 aliphatic rings. The van der Waals surface area contributed by atoms with Crippen LogP contribution in [0.2, 0.25) is 0 Å². The fourth-order valence-corrected chi connectivity index (χ4v) is 4.83. The topological polar surface area (TPSA) is 86.0 Å². The Labute approximate surface area is 123 Å². The molecule has 3 rings (SSSR count). The number of fused-ring (bicyclic) bond motifs is 1. The molecule has 1 saturated heterocycles. The lowest BCUT2D eigenvalue weighted by Crippen LogP contribution is -2.42. The minimum atomic E-state index is -3.51. The molecular formula is C14H19N3O3S. The summed E-state index contributed by atoms with van der Waals surface area (Å²) in [6.07, 6.45) is 1.05. The second-order valence-electron chi connectivity index (χ2n) is 6.05. The van der Waals surface area contributed by atoms with Gasteiger partial charge in [0.1, 0.15) is 0 Å². The minimum Gasteiger partial charge on any atom is -0.306 e. The van der Waals surface area contributed by atoms with E-state index in [1.165, 1.54) is 6.07 Å². The number of piperidine rings is 1. The van der Waals surface area contributed by atoms with Crippen molar-refractivity contribution in [3.05, 3.63) is 28.7 Å². The maximum absolute atomic E-state index is 12.8. The number of nitrogens with zero attached hydrogens (tertiary/aromatic N) is 1. The molecule has 2 atom stereocenters. The summed E-state index contributed by atoms with van der Waals surface area (Å²) in [5.74, 6) is 0.721. The normalized spacial score (nSPS) is 24.5. The first kappa shape index (κ1) is 14.3. The lowest BCUT2D eigenvalue weighted by molar-refractivity contribution is 0.222. The van der Waals surface area contributed by atoms with Crippen LogP contribution in [0.4, 0.5) is 0 Å². The number of H-pyrrole nitrogens is 2. The van der Waals surface area contributed by atoms with Crippen LogP contribution in [-0.2, 0) is 10.0 Å². The van der Waals surface area contributed by atoms with E-state index in [0.29, 0.717) is 36.0 Å². The summed E-state index contributed by atoms with van der Waals surface area (Å²) in [6.45, 7) is 5.25. The summed E-state index contributed by atoms with van der Waals surface area (Å²) in [5, 5.41) is 0. The number of hydrogen-bond acceptors (Lipinski definition) is 3. The molecule has 0 unspecified atom stereocenters. The van der Waals surface area contributed by atoms with Crippen LogP contribution in [0.25, 0.3) is 11.0 Å². The van der Waals surface area contributed by atoms with Crippen LogP contribution in [0, 0.1) is 11.8 Å². The van der Waals surface area contributed by atoms with Crippen molar-refractivity contribution < 1.29 is 8.42 Å². The van der Waals surface area contributed by atoms with Gasteiger partial charge in [-0.25, -0.2) is 13.2 Å². The van der Waals surface area contributed by atoms with Crippen molar-refractivity contribution in [2.24, 2.45) is 11.8 Å². The van der Waals surface area contributed by atoms with Gasteiger partial charge in [-0.05, 0) is 36.5 Å². The molecular weight excluding hydrogens is 290 g/mol. The van der Waals surface area contributed by atoms with E-state index in [2.05, 4.69) is 23.8 Å². The quantitative estimate of drug-likeness (QED) is 0.882. The van der Waals surface area contributed by atoms with Gasteiger partial charge >= 0.3 is 5.69 Å². The minimum absolute atomic E-state index is 0.228. The number of hydrogen-bond donors (Lipinski definition) is 2. The Balaban J connectivity index is 2.01. The number of nitrogens with one attached hydrogen (secondary N) is 2. The van der Waals surface area contributed by atoms with Crippen LogP contribution in [0.1, 0.15) is 20.3 Å². The number of benzene rings is 1. The molecule has 2 heterocycles. The van der Waals surface area contributed by atoms with E-state index in [1.807, 2.05) is 0 Å². The number of rotatable bonds is 2. The molecule has 1 fully saturated rings. The predicted molar refractivity (Wildman–Crippen MR) is 80.6 cm³/mol. The van der Waals surface area contributed by atoms with Crippen molar-refractivity contribution in [3.63, 3.8) is 0 Å². The standard InChI is InChI=1S/C14H19N3O3S/c1-9-5-10(2)8-17(7-9)21(19,20)11-3-4-12-13(6-11)16-14(18)15-12/h3-4,6,9-10H,5,7-8H2,1-2H3,(H2,15,16,18)/t9-,10-/m1/s1. The second kappa shape index (κ2) is 4.99. The van der Waals surface area contributed by atoms with Gasteiger partial charge in [0.25, 0.3) is 0 Å². The third kappa shape index (κ3) is 2.63. The maximum Gasteiger partial charge on any atom is 0.323 e. The summed E-state index contributed by atoms with van der Waals surface area (Å²) >= 11 is 0. The van der Waals surface area contributed by atoms with Crippen molar-refractivity contribution in [1.29, 1.82) is 0 Å². The van der Waals surface area contributed by atoms with Gasteiger partial charge in [-0.1, -0.05) is 13.8 Å². The van der Waals surface area contributed by atoms with Crippen molar-refractivity contribution in [2.75, 3.05) is 13.1 Å². The molecule has 1 aromatic carbocycles. The summed E-state index contributed by atoms with van der Waals surface area (Å²) in [6, 6.07) is 4.69. The third-order valence-electron chi connectivity index (χ3n) is 3.96. The Morgan fingerprint density at radius 3 is 2.38 bits per heavy atom. The van der Waals surface area contributed by atoms with Gasteiger partial charge in [0.15, 0.2) is 0 Å². The van der Waals surface area contributed by atoms with Crippen molar-refractivity contribution in [1.82, 2.24) is 14.3 Å². The first-order valence-electron chi connectivity index (χ1n) is 7.08. The number of sulfonamides is 1. The monoisotopic (exact) mass is 309 g/mol. The SMILES string of the molecule is C[C@@H]1C[C@@H](C)CN(S(=O)(=O)c2ccc3[nH]c(=O)[nH]c3c2)C1. The van der Waals surface area contributed by atoms with Crippen LogP contribution in [-0.4, -0.2) is 35.8 Å². The molecule has 0 spiro atoms. The summed E-state index contributed by atoms with van der Waals surface area (Å²) in [5.41, 5.74) is 0.790. The van der Waals surface area contributed by atoms with Gasteiger partial charge in [-0.2, -0.15) is 4.31 Å². The first-order valence-corrected chi connectivity index (χ1v) is 8.52. The van der Waals surface area contributed by atoms with Crippen LogP contribution in [0.3, 0.4) is 0 Å². The third-order valence-corrected chi connectivity index (χ3v) is 5.79. The molecule has 0 amide bonds. The highest BCUT2D eigenvalue weighted by Crippen LogP contribution is 2.27. The Hall–Kier alpha value is -1.60. The molecule has 114 valence electrons. The van der Waals surface area contributed by atoms with Gasteiger partial charge < -0.3 is 9.97 Å². The lowest BCUT2D eigenvalue weighted by atomic mass is 9.94. The largest absolute Gasteiger partial charge is 0.323 e.